The lowest BCUT2D eigenvalue weighted by Gasteiger charge is -2.07. The molecule has 0 bridgehead atoms. The van der Waals surface area contributed by atoms with Crippen LogP contribution in [0, 0.1) is 0 Å². The van der Waals surface area contributed by atoms with E-state index in [0.717, 1.165) is 11.1 Å². The molecular formula is C17H16ClNO3. The molecule has 2 aromatic carbocycles. The molecule has 1 amide bonds. The van der Waals surface area contributed by atoms with Gasteiger partial charge in [0.25, 0.3) is 0 Å². The Labute approximate surface area is 133 Å². The van der Waals surface area contributed by atoms with Crippen molar-refractivity contribution in [3.05, 3.63) is 70.7 Å². The van der Waals surface area contributed by atoms with Crippen molar-refractivity contribution in [3.8, 4) is 0 Å². The summed E-state index contributed by atoms with van der Waals surface area (Å²) in [5.74, 6) is 0. The highest BCUT2D eigenvalue weighted by Crippen LogP contribution is 2.43. The molecule has 1 aliphatic rings. The van der Waals surface area contributed by atoms with Gasteiger partial charge in [-0.1, -0.05) is 54.1 Å². The number of hydrogen-bond donors (Lipinski definition) is 1. The molecule has 1 saturated heterocycles. The minimum absolute atomic E-state index is 0.0896. The van der Waals surface area contributed by atoms with Crippen LogP contribution in [0.25, 0.3) is 0 Å². The first-order chi connectivity index (χ1) is 10.7. The SMILES string of the molecule is O=C(OCc1ccccc1)N1[C@@H](CO)[C@@H]1c1ccc(Cl)cc1. The monoisotopic (exact) mass is 317 g/mol. The third-order valence-corrected chi connectivity index (χ3v) is 4.00. The number of ether oxygens (including phenoxy) is 1. The Morgan fingerprint density at radius 3 is 2.45 bits per heavy atom. The van der Waals surface area contributed by atoms with Crippen LogP contribution < -0.4 is 0 Å². The van der Waals surface area contributed by atoms with Gasteiger partial charge in [-0.05, 0) is 23.3 Å². The Morgan fingerprint density at radius 2 is 1.82 bits per heavy atom. The molecule has 1 fully saturated rings. The maximum atomic E-state index is 12.2. The number of aliphatic hydroxyl groups is 1. The Bertz CT molecular complexity index is 645. The van der Waals surface area contributed by atoms with Gasteiger partial charge in [0.2, 0.25) is 0 Å². The van der Waals surface area contributed by atoms with Crippen molar-refractivity contribution < 1.29 is 14.6 Å². The number of benzene rings is 2. The van der Waals surface area contributed by atoms with Gasteiger partial charge in [-0.2, -0.15) is 0 Å². The summed E-state index contributed by atoms with van der Waals surface area (Å²) in [5.41, 5.74) is 1.88. The number of carbonyl (C=O) groups excluding carboxylic acids is 1. The number of amides is 1. The van der Waals surface area contributed by atoms with Crippen molar-refractivity contribution in [2.75, 3.05) is 6.61 Å². The van der Waals surface area contributed by atoms with E-state index < -0.39 is 6.09 Å². The van der Waals surface area contributed by atoms with Crippen molar-refractivity contribution in [1.29, 1.82) is 0 Å². The van der Waals surface area contributed by atoms with Crippen LogP contribution in [-0.2, 0) is 11.3 Å². The van der Waals surface area contributed by atoms with Crippen LogP contribution in [0.4, 0.5) is 4.79 Å². The zero-order valence-corrected chi connectivity index (χ0v) is 12.6. The molecule has 114 valence electrons. The first-order valence-electron chi connectivity index (χ1n) is 7.06. The molecule has 0 aromatic heterocycles. The number of hydrogen-bond acceptors (Lipinski definition) is 3. The Hall–Kier alpha value is -2.04. The van der Waals surface area contributed by atoms with Gasteiger partial charge in [0.15, 0.2) is 0 Å². The van der Waals surface area contributed by atoms with E-state index in [1.165, 1.54) is 0 Å². The van der Waals surface area contributed by atoms with E-state index in [9.17, 15) is 9.90 Å². The van der Waals surface area contributed by atoms with E-state index in [0.29, 0.717) is 5.02 Å². The van der Waals surface area contributed by atoms with Crippen LogP contribution in [0.3, 0.4) is 0 Å². The average Bonchev–Trinajstić information content (AvgIpc) is 3.29. The topological polar surface area (TPSA) is 49.5 Å². The number of carbonyl (C=O) groups is 1. The van der Waals surface area contributed by atoms with E-state index in [-0.39, 0.29) is 25.3 Å². The second kappa shape index (κ2) is 6.38. The quantitative estimate of drug-likeness (QED) is 0.879. The van der Waals surface area contributed by atoms with Gasteiger partial charge >= 0.3 is 6.09 Å². The molecule has 0 saturated carbocycles. The summed E-state index contributed by atoms with van der Waals surface area (Å²) in [6.45, 7) is 0.134. The minimum atomic E-state index is -0.414. The van der Waals surface area contributed by atoms with E-state index in [4.69, 9.17) is 16.3 Å². The van der Waals surface area contributed by atoms with Crippen molar-refractivity contribution in [3.63, 3.8) is 0 Å². The minimum Gasteiger partial charge on any atom is -0.445 e. The number of halogens is 1. The molecule has 1 aliphatic heterocycles. The van der Waals surface area contributed by atoms with Gasteiger partial charge in [-0.25, -0.2) is 4.79 Å². The van der Waals surface area contributed by atoms with Crippen molar-refractivity contribution in [2.24, 2.45) is 0 Å². The van der Waals surface area contributed by atoms with Gasteiger partial charge in [0.1, 0.15) is 6.61 Å². The molecule has 5 heteroatoms. The molecule has 1 N–H and O–H groups in total. The molecule has 22 heavy (non-hydrogen) atoms. The molecule has 0 radical (unpaired) electrons. The highest BCUT2D eigenvalue weighted by molar-refractivity contribution is 6.30. The van der Waals surface area contributed by atoms with Crippen molar-refractivity contribution in [2.45, 2.75) is 18.7 Å². The Balaban J connectivity index is 1.63. The van der Waals surface area contributed by atoms with Crippen molar-refractivity contribution >= 4 is 17.7 Å². The Morgan fingerprint density at radius 1 is 1.14 bits per heavy atom. The lowest BCUT2D eigenvalue weighted by molar-refractivity contribution is 0.117. The van der Waals surface area contributed by atoms with Gasteiger partial charge in [0, 0.05) is 5.02 Å². The summed E-state index contributed by atoms with van der Waals surface area (Å²) in [4.78, 5) is 13.7. The fraction of sp³-hybridized carbons (Fsp3) is 0.235. The Kier molecular flexibility index (Phi) is 4.32. The van der Waals surface area contributed by atoms with Crippen LogP contribution in [0.15, 0.2) is 54.6 Å². The molecule has 1 heterocycles. The number of aliphatic hydroxyl groups excluding tert-OH is 1. The molecule has 4 nitrogen and oxygen atoms in total. The summed E-state index contributed by atoms with van der Waals surface area (Å²) in [5, 5.41) is 10.1. The average molecular weight is 318 g/mol. The first-order valence-corrected chi connectivity index (χ1v) is 7.44. The number of nitrogens with zero attached hydrogens (tertiary/aromatic N) is 1. The standard InChI is InChI=1S/C17H16ClNO3/c18-14-8-6-13(7-9-14)16-15(10-20)19(16)17(21)22-11-12-4-2-1-3-5-12/h1-9,15-16,20H,10-11H2/t15-,16-,19?/m0/s1. The van der Waals surface area contributed by atoms with E-state index >= 15 is 0 Å². The molecule has 2 aromatic rings. The summed E-state index contributed by atoms with van der Waals surface area (Å²) in [7, 11) is 0. The fourth-order valence-electron chi connectivity index (χ4n) is 2.55. The molecule has 0 aliphatic carbocycles. The lowest BCUT2D eigenvalue weighted by Crippen LogP contribution is -2.16. The highest BCUT2D eigenvalue weighted by Gasteiger charge is 2.52. The maximum Gasteiger partial charge on any atom is 0.411 e. The van der Waals surface area contributed by atoms with E-state index in [1.54, 1.807) is 17.0 Å². The van der Waals surface area contributed by atoms with Gasteiger partial charge in [-0.3, -0.25) is 4.90 Å². The highest BCUT2D eigenvalue weighted by atomic mass is 35.5. The van der Waals surface area contributed by atoms with Gasteiger partial charge < -0.3 is 9.84 Å². The smallest absolute Gasteiger partial charge is 0.411 e. The summed E-state index contributed by atoms with van der Waals surface area (Å²) < 4.78 is 5.31. The molecular weight excluding hydrogens is 302 g/mol. The molecule has 0 unspecified atom stereocenters. The van der Waals surface area contributed by atoms with Crippen LogP contribution in [0.2, 0.25) is 5.02 Å². The van der Waals surface area contributed by atoms with E-state index in [2.05, 4.69) is 0 Å². The summed E-state index contributed by atoms with van der Waals surface area (Å²) in [6.07, 6.45) is -0.414. The van der Waals surface area contributed by atoms with Crippen LogP contribution in [0.5, 0.6) is 0 Å². The molecule has 2 atom stereocenters. The van der Waals surface area contributed by atoms with Crippen LogP contribution >= 0.6 is 11.6 Å². The molecule has 3 rings (SSSR count). The predicted molar refractivity (Wildman–Crippen MR) is 83.5 cm³/mol. The predicted octanol–water partition coefficient (Wildman–Crippen LogP) is 3.39. The summed E-state index contributed by atoms with van der Waals surface area (Å²) in [6, 6.07) is 16.4. The van der Waals surface area contributed by atoms with Crippen molar-refractivity contribution in [1.82, 2.24) is 4.90 Å². The van der Waals surface area contributed by atoms with E-state index in [1.807, 2.05) is 42.5 Å². The molecule has 0 spiro atoms. The number of rotatable bonds is 4. The fourth-order valence-corrected chi connectivity index (χ4v) is 2.68. The lowest BCUT2D eigenvalue weighted by atomic mass is 10.1. The maximum absolute atomic E-state index is 12.2. The second-order valence-corrected chi connectivity index (χ2v) is 5.63. The van der Waals surface area contributed by atoms with Crippen LogP contribution in [-0.4, -0.2) is 28.7 Å². The third kappa shape index (κ3) is 3.08. The van der Waals surface area contributed by atoms with Gasteiger partial charge in [0.05, 0.1) is 18.7 Å². The first kappa shape index (κ1) is 14.9. The zero-order valence-electron chi connectivity index (χ0n) is 11.9. The second-order valence-electron chi connectivity index (χ2n) is 5.19. The van der Waals surface area contributed by atoms with Gasteiger partial charge in [-0.15, -0.1) is 0 Å². The zero-order chi connectivity index (χ0) is 15.5. The van der Waals surface area contributed by atoms with Crippen LogP contribution in [0.1, 0.15) is 17.2 Å². The summed E-state index contributed by atoms with van der Waals surface area (Å²) >= 11 is 5.87. The third-order valence-electron chi connectivity index (χ3n) is 3.75. The normalized spacial score (nSPS) is 19.8. The largest absolute Gasteiger partial charge is 0.445 e.